The van der Waals surface area contributed by atoms with E-state index in [0.29, 0.717) is 0 Å². The Kier molecular flexibility index (Phi) is 6.37. The topological polar surface area (TPSA) is 116 Å². The molecule has 8 nitrogen and oxygen atoms in total. The van der Waals surface area contributed by atoms with Crippen LogP contribution in [0.5, 0.6) is 11.5 Å². The highest BCUT2D eigenvalue weighted by molar-refractivity contribution is 7.86. The van der Waals surface area contributed by atoms with Crippen LogP contribution < -0.4 is 9.47 Å². The van der Waals surface area contributed by atoms with Gasteiger partial charge < -0.3 is 14.2 Å². The molecule has 0 unspecified atom stereocenters. The average molecular weight is 366 g/mol. The first-order valence-corrected chi connectivity index (χ1v) is 7.57. The largest absolute Gasteiger partial charge is 0.482 e. The molecule has 0 aliphatic rings. The van der Waals surface area contributed by atoms with Crippen molar-refractivity contribution < 1.29 is 45.6 Å². The lowest BCUT2D eigenvalue weighted by molar-refractivity contribution is -0.152. The second-order valence-electron chi connectivity index (χ2n) is 4.16. The Hall–Kier alpha value is -2.53. The van der Waals surface area contributed by atoms with Crippen LogP contribution in [-0.4, -0.2) is 43.4 Å². The van der Waals surface area contributed by atoms with Gasteiger partial charge in [-0.05, 0) is 24.3 Å². The second-order valence-corrected chi connectivity index (χ2v) is 5.71. The average Bonchev–Trinajstić information content (AvgIpc) is 2.51. The van der Waals surface area contributed by atoms with Crippen molar-refractivity contribution in [1.82, 2.24) is 0 Å². The molecule has 0 aliphatic carbocycles. The van der Waals surface area contributed by atoms with Crippen LogP contribution in [0.4, 0.5) is 8.78 Å². The Morgan fingerprint density at radius 1 is 1.21 bits per heavy atom. The van der Waals surface area contributed by atoms with Crippen molar-refractivity contribution >= 4 is 22.1 Å². The molecule has 0 saturated heterocycles. The zero-order valence-electron chi connectivity index (χ0n) is 12.0. The molecule has 1 N–H and O–H groups in total. The molecular formula is C13H12F2O8S. The van der Waals surface area contributed by atoms with Gasteiger partial charge in [-0.3, -0.25) is 4.55 Å². The molecule has 0 fully saturated rings. The lowest BCUT2D eigenvalue weighted by atomic mass is 10.3. The SMILES string of the molecule is C=CC(=O)Oc1ccc(OCC(=O)OCC(F)(F)S(=O)(=O)O)cc1. The standard InChI is InChI=1S/C13H12F2O8S/c1-2-11(16)23-10-5-3-9(4-6-10)21-7-12(17)22-8-13(14,15)24(18,19)20/h2-6H,1,7-8H2,(H,18,19,20). The molecular weight excluding hydrogens is 354 g/mol. The predicted molar refractivity (Wildman–Crippen MR) is 75.2 cm³/mol. The Bertz CT molecular complexity index is 712. The van der Waals surface area contributed by atoms with Crippen LogP contribution in [0.1, 0.15) is 0 Å². The van der Waals surface area contributed by atoms with E-state index >= 15 is 0 Å². The van der Waals surface area contributed by atoms with Crippen molar-refractivity contribution in [3.05, 3.63) is 36.9 Å². The summed E-state index contributed by atoms with van der Waals surface area (Å²) < 4.78 is 68.2. The maximum atomic E-state index is 12.8. The number of hydrogen-bond donors (Lipinski definition) is 1. The summed E-state index contributed by atoms with van der Waals surface area (Å²) in [6.45, 7) is 0.589. The molecule has 0 aliphatic heterocycles. The van der Waals surface area contributed by atoms with Gasteiger partial charge in [-0.25, -0.2) is 9.59 Å². The number of benzene rings is 1. The maximum absolute atomic E-state index is 12.8. The zero-order chi connectivity index (χ0) is 18.4. The number of rotatable bonds is 8. The molecule has 0 saturated carbocycles. The van der Waals surface area contributed by atoms with Crippen molar-refractivity contribution in [3.8, 4) is 11.5 Å². The quantitative estimate of drug-likeness (QED) is 0.316. The maximum Gasteiger partial charge on any atom is 0.402 e. The van der Waals surface area contributed by atoms with E-state index < -0.39 is 40.5 Å². The Labute approximate surface area is 135 Å². The number of esters is 2. The fourth-order valence-electron chi connectivity index (χ4n) is 1.18. The predicted octanol–water partition coefficient (Wildman–Crippen LogP) is 1.18. The number of alkyl halides is 2. The van der Waals surface area contributed by atoms with Gasteiger partial charge in [-0.2, -0.15) is 17.2 Å². The molecule has 1 rings (SSSR count). The molecule has 0 spiro atoms. The second kappa shape index (κ2) is 7.84. The van der Waals surface area contributed by atoms with Gasteiger partial charge in [0.05, 0.1) is 0 Å². The van der Waals surface area contributed by atoms with Crippen LogP contribution in [0.3, 0.4) is 0 Å². The molecule has 0 aromatic heterocycles. The molecule has 0 radical (unpaired) electrons. The summed E-state index contributed by atoms with van der Waals surface area (Å²) in [5, 5.41) is -4.61. The van der Waals surface area contributed by atoms with Gasteiger partial charge in [0.2, 0.25) is 0 Å². The Balaban J connectivity index is 2.47. The summed E-state index contributed by atoms with van der Waals surface area (Å²) >= 11 is 0. The summed E-state index contributed by atoms with van der Waals surface area (Å²) in [6, 6.07) is 5.33. The summed E-state index contributed by atoms with van der Waals surface area (Å²) in [6.07, 6.45) is 0.961. The molecule has 0 atom stereocenters. The lowest BCUT2D eigenvalue weighted by Gasteiger charge is -2.13. The van der Waals surface area contributed by atoms with E-state index in [-0.39, 0.29) is 11.5 Å². The van der Waals surface area contributed by atoms with Gasteiger partial charge in [0, 0.05) is 6.08 Å². The molecule has 0 heterocycles. The molecule has 1 aromatic rings. The van der Waals surface area contributed by atoms with Crippen LogP contribution in [0, 0.1) is 0 Å². The van der Waals surface area contributed by atoms with Gasteiger partial charge in [0.25, 0.3) is 0 Å². The van der Waals surface area contributed by atoms with E-state index in [0.717, 1.165) is 6.08 Å². The van der Waals surface area contributed by atoms with Crippen molar-refractivity contribution in [2.24, 2.45) is 0 Å². The number of carbonyl (C=O) groups excluding carboxylic acids is 2. The number of halogens is 2. The Morgan fingerprint density at radius 2 is 1.75 bits per heavy atom. The van der Waals surface area contributed by atoms with E-state index in [1.54, 1.807) is 0 Å². The van der Waals surface area contributed by atoms with Crippen molar-refractivity contribution in [2.75, 3.05) is 13.2 Å². The Morgan fingerprint density at radius 3 is 2.25 bits per heavy atom. The van der Waals surface area contributed by atoms with Gasteiger partial charge in [-0.15, -0.1) is 0 Å². The minimum Gasteiger partial charge on any atom is -0.482 e. The smallest absolute Gasteiger partial charge is 0.402 e. The summed E-state index contributed by atoms with van der Waals surface area (Å²) in [4.78, 5) is 22.2. The van der Waals surface area contributed by atoms with Crippen molar-refractivity contribution in [1.29, 1.82) is 0 Å². The third kappa shape index (κ3) is 5.93. The molecule has 11 heteroatoms. The molecule has 24 heavy (non-hydrogen) atoms. The number of hydrogen-bond acceptors (Lipinski definition) is 7. The van der Waals surface area contributed by atoms with Crippen LogP contribution in [0.15, 0.2) is 36.9 Å². The normalized spacial score (nSPS) is 11.5. The monoisotopic (exact) mass is 366 g/mol. The fourth-order valence-corrected chi connectivity index (χ4v) is 1.39. The first kappa shape index (κ1) is 19.5. The number of carbonyl (C=O) groups is 2. The molecule has 1 aromatic carbocycles. The minimum absolute atomic E-state index is 0.131. The first-order valence-electron chi connectivity index (χ1n) is 6.13. The van der Waals surface area contributed by atoms with Crippen LogP contribution in [0.25, 0.3) is 0 Å². The van der Waals surface area contributed by atoms with Gasteiger partial charge >= 0.3 is 27.3 Å². The van der Waals surface area contributed by atoms with E-state index in [1.165, 1.54) is 24.3 Å². The third-order valence-electron chi connectivity index (χ3n) is 2.34. The van der Waals surface area contributed by atoms with Crippen molar-refractivity contribution in [3.63, 3.8) is 0 Å². The van der Waals surface area contributed by atoms with Crippen LogP contribution >= 0.6 is 0 Å². The van der Waals surface area contributed by atoms with E-state index in [1.807, 2.05) is 0 Å². The van der Waals surface area contributed by atoms with E-state index in [4.69, 9.17) is 14.0 Å². The highest BCUT2D eigenvalue weighted by atomic mass is 32.2. The van der Waals surface area contributed by atoms with Gasteiger partial charge in [0.1, 0.15) is 11.5 Å². The van der Waals surface area contributed by atoms with Gasteiger partial charge in [0.15, 0.2) is 13.2 Å². The highest BCUT2D eigenvalue weighted by Crippen LogP contribution is 2.21. The highest BCUT2D eigenvalue weighted by Gasteiger charge is 2.45. The fraction of sp³-hybridized carbons (Fsp3) is 0.231. The lowest BCUT2D eigenvalue weighted by Crippen LogP contribution is -2.35. The third-order valence-corrected chi connectivity index (χ3v) is 3.22. The van der Waals surface area contributed by atoms with Crippen molar-refractivity contribution in [2.45, 2.75) is 5.25 Å². The summed E-state index contributed by atoms with van der Waals surface area (Å²) in [5.74, 6) is -1.64. The molecule has 132 valence electrons. The zero-order valence-corrected chi connectivity index (χ0v) is 12.8. The summed E-state index contributed by atoms with van der Waals surface area (Å²) in [5.41, 5.74) is 0. The van der Waals surface area contributed by atoms with Gasteiger partial charge in [-0.1, -0.05) is 6.58 Å². The van der Waals surface area contributed by atoms with E-state index in [9.17, 15) is 26.8 Å². The summed E-state index contributed by atoms with van der Waals surface area (Å²) in [7, 11) is -5.68. The van der Waals surface area contributed by atoms with Crippen LogP contribution in [0.2, 0.25) is 0 Å². The van der Waals surface area contributed by atoms with E-state index in [2.05, 4.69) is 11.3 Å². The number of ether oxygens (including phenoxy) is 3. The van der Waals surface area contributed by atoms with Crippen LogP contribution in [-0.2, 0) is 24.4 Å². The molecule has 0 bridgehead atoms. The molecule has 0 amide bonds. The first-order chi connectivity index (χ1) is 11.0. The minimum atomic E-state index is -5.68.